The van der Waals surface area contributed by atoms with E-state index in [2.05, 4.69) is 32.7 Å². The lowest BCUT2D eigenvalue weighted by molar-refractivity contribution is 0.274. The van der Waals surface area contributed by atoms with Crippen molar-refractivity contribution in [3.63, 3.8) is 0 Å². The van der Waals surface area contributed by atoms with Gasteiger partial charge in [-0.1, -0.05) is 6.92 Å². The zero-order valence-corrected chi connectivity index (χ0v) is 11.3. The Balaban J connectivity index is 1.92. The summed E-state index contributed by atoms with van der Waals surface area (Å²) in [6.07, 6.45) is 3.08. The number of nitrogens with zero attached hydrogens (tertiary/aromatic N) is 2. The van der Waals surface area contributed by atoms with Gasteiger partial charge in [0.1, 0.15) is 5.01 Å². The number of hydrogen-bond donors (Lipinski definition) is 1. The Morgan fingerprint density at radius 2 is 2.53 bits per heavy atom. The number of likely N-dealkylation sites (tertiary alicyclic amines) is 1. The number of hydrogen-bond acceptors (Lipinski definition) is 4. The van der Waals surface area contributed by atoms with Crippen LogP contribution in [0.25, 0.3) is 0 Å². The van der Waals surface area contributed by atoms with Crippen molar-refractivity contribution in [1.29, 1.82) is 0 Å². The van der Waals surface area contributed by atoms with Gasteiger partial charge in [0.15, 0.2) is 0 Å². The van der Waals surface area contributed by atoms with Gasteiger partial charge in [0.2, 0.25) is 0 Å². The van der Waals surface area contributed by atoms with E-state index in [9.17, 15) is 0 Å². The third kappa shape index (κ3) is 2.78. The van der Waals surface area contributed by atoms with Crippen LogP contribution in [0, 0.1) is 5.41 Å². The average Bonchev–Trinajstić information content (AvgIpc) is 2.76. The number of nitrogens with two attached hydrogens (primary N) is 1. The van der Waals surface area contributed by atoms with Gasteiger partial charge in [-0.15, -0.1) is 11.3 Å². The number of halogens is 1. The highest BCUT2D eigenvalue weighted by Crippen LogP contribution is 2.30. The van der Waals surface area contributed by atoms with Gasteiger partial charge in [0.25, 0.3) is 0 Å². The predicted molar refractivity (Wildman–Crippen MR) is 66.9 cm³/mol. The number of aromatic nitrogens is 1. The van der Waals surface area contributed by atoms with Crippen LogP contribution in [0.15, 0.2) is 9.98 Å². The maximum Gasteiger partial charge on any atom is 0.108 e. The monoisotopic (exact) mass is 289 g/mol. The fourth-order valence-corrected chi connectivity index (χ4v) is 3.33. The molecule has 1 aliphatic rings. The molecule has 15 heavy (non-hydrogen) atoms. The molecule has 0 aromatic carbocycles. The fourth-order valence-electron chi connectivity index (χ4n) is 1.98. The minimum absolute atomic E-state index is 0.314. The maximum atomic E-state index is 5.78. The van der Waals surface area contributed by atoms with Crippen LogP contribution in [0.3, 0.4) is 0 Å². The molecule has 1 atom stereocenters. The molecule has 84 valence electrons. The highest BCUT2D eigenvalue weighted by molar-refractivity contribution is 9.11. The lowest BCUT2D eigenvalue weighted by Crippen LogP contribution is -2.31. The Morgan fingerprint density at radius 3 is 3.07 bits per heavy atom. The smallest absolute Gasteiger partial charge is 0.108 e. The van der Waals surface area contributed by atoms with Gasteiger partial charge in [-0.2, -0.15) is 0 Å². The summed E-state index contributed by atoms with van der Waals surface area (Å²) in [5.41, 5.74) is 6.09. The van der Waals surface area contributed by atoms with Gasteiger partial charge in [0, 0.05) is 6.54 Å². The van der Waals surface area contributed by atoms with E-state index in [0.717, 1.165) is 30.0 Å². The first kappa shape index (κ1) is 11.5. The first-order valence-electron chi connectivity index (χ1n) is 5.14. The van der Waals surface area contributed by atoms with Crippen LogP contribution in [-0.4, -0.2) is 29.5 Å². The Labute approximate surface area is 103 Å². The van der Waals surface area contributed by atoms with Crippen molar-refractivity contribution in [3.8, 4) is 0 Å². The molecule has 1 aromatic heterocycles. The van der Waals surface area contributed by atoms with Crippen LogP contribution in [0.2, 0.25) is 0 Å². The van der Waals surface area contributed by atoms with E-state index in [4.69, 9.17) is 5.73 Å². The molecule has 0 radical (unpaired) electrons. The molecule has 0 saturated carbocycles. The summed E-state index contributed by atoms with van der Waals surface area (Å²) < 4.78 is 1.11. The molecule has 2 N–H and O–H groups in total. The first-order chi connectivity index (χ1) is 7.11. The molecule has 1 fully saturated rings. The highest BCUT2D eigenvalue weighted by Gasteiger charge is 2.32. The van der Waals surface area contributed by atoms with E-state index in [1.165, 1.54) is 11.4 Å². The van der Waals surface area contributed by atoms with Gasteiger partial charge in [0.05, 0.1) is 16.5 Å². The van der Waals surface area contributed by atoms with Gasteiger partial charge >= 0.3 is 0 Å². The van der Waals surface area contributed by atoms with Gasteiger partial charge in [-0.05, 0) is 40.9 Å². The molecule has 0 bridgehead atoms. The van der Waals surface area contributed by atoms with E-state index in [-0.39, 0.29) is 0 Å². The molecule has 1 aromatic rings. The molecule has 0 spiro atoms. The highest BCUT2D eigenvalue weighted by atomic mass is 79.9. The molecule has 1 saturated heterocycles. The molecule has 1 unspecified atom stereocenters. The van der Waals surface area contributed by atoms with Crippen molar-refractivity contribution in [2.45, 2.75) is 19.9 Å². The summed E-state index contributed by atoms with van der Waals surface area (Å²) in [5.74, 6) is 0. The van der Waals surface area contributed by atoms with Crippen molar-refractivity contribution in [2.24, 2.45) is 11.1 Å². The quantitative estimate of drug-likeness (QED) is 0.926. The SMILES string of the molecule is CC1(CN)CCN(Cc2ncc(Br)s2)C1. The zero-order chi connectivity index (χ0) is 10.9. The van der Waals surface area contributed by atoms with Crippen LogP contribution in [0.4, 0.5) is 0 Å². The summed E-state index contributed by atoms with van der Waals surface area (Å²) in [5, 5.41) is 1.18. The van der Waals surface area contributed by atoms with E-state index >= 15 is 0 Å². The normalized spacial score (nSPS) is 27.4. The molecule has 5 heteroatoms. The molecule has 1 aliphatic heterocycles. The summed E-state index contributed by atoms with van der Waals surface area (Å²) in [6, 6.07) is 0. The Bertz CT molecular complexity index is 341. The lowest BCUT2D eigenvalue weighted by Gasteiger charge is -2.21. The molecular weight excluding hydrogens is 274 g/mol. The topological polar surface area (TPSA) is 42.1 Å². The van der Waals surface area contributed by atoms with E-state index in [1.807, 2.05) is 6.20 Å². The van der Waals surface area contributed by atoms with Crippen LogP contribution in [0.1, 0.15) is 18.4 Å². The summed E-state index contributed by atoms with van der Waals surface area (Å²) in [6.45, 7) is 6.26. The zero-order valence-electron chi connectivity index (χ0n) is 8.87. The second-order valence-corrected chi connectivity index (χ2v) is 7.03. The van der Waals surface area contributed by atoms with E-state index in [1.54, 1.807) is 11.3 Å². The fraction of sp³-hybridized carbons (Fsp3) is 0.700. The number of rotatable bonds is 3. The minimum Gasteiger partial charge on any atom is -0.330 e. The van der Waals surface area contributed by atoms with Crippen LogP contribution < -0.4 is 5.73 Å². The third-order valence-corrected chi connectivity index (χ3v) is 4.47. The summed E-state index contributed by atoms with van der Waals surface area (Å²) in [7, 11) is 0. The van der Waals surface area contributed by atoms with Crippen molar-refractivity contribution in [2.75, 3.05) is 19.6 Å². The van der Waals surface area contributed by atoms with Crippen molar-refractivity contribution < 1.29 is 0 Å². The third-order valence-electron chi connectivity index (χ3n) is 3.01. The Kier molecular flexibility index (Phi) is 3.45. The Morgan fingerprint density at radius 1 is 1.73 bits per heavy atom. The van der Waals surface area contributed by atoms with Gasteiger partial charge in [-0.25, -0.2) is 4.98 Å². The lowest BCUT2D eigenvalue weighted by atomic mass is 9.90. The minimum atomic E-state index is 0.314. The van der Waals surface area contributed by atoms with Crippen LogP contribution >= 0.6 is 27.3 Å². The maximum absolute atomic E-state index is 5.78. The standard InChI is InChI=1S/C10H16BrN3S/c1-10(6-12)2-3-14(7-10)5-9-13-4-8(11)15-9/h4H,2-3,5-7,12H2,1H3. The molecule has 0 amide bonds. The Hall–Kier alpha value is 0.0300. The van der Waals surface area contributed by atoms with Crippen molar-refractivity contribution >= 4 is 27.3 Å². The van der Waals surface area contributed by atoms with Crippen LogP contribution in [-0.2, 0) is 6.54 Å². The summed E-state index contributed by atoms with van der Waals surface area (Å²) >= 11 is 5.15. The van der Waals surface area contributed by atoms with E-state index in [0.29, 0.717) is 5.41 Å². The molecule has 2 heterocycles. The van der Waals surface area contributed by atoms with Gasteiger partial charge < -0.3 is 5.73 Å². The second kappa shape index (κ2) is 4.49. The molecule has 3 nitrogen and oxygen atoms in total. The predicted octanol–water partition coefficient (Wildman–Crippen LogP) is 2.08. The number of thiazole rings is 1. The van der Waals surface area contributed by atoms with Gasteiger partial charge in [-0.3, -0.25) is 4.90 Å². The first-order valence-corrected chi connectivity index (χ1v) is 6.75. The summed E-state index contributed by atoms with van der Waals surface area (Å²) in [4.78, 5) is 6.79. The van der Waals surface area contributed by atoms with Crippen LogP contribution in [0.5, 0.6) is 0 Å². The van der Waals surface area contributed by atoms with Crippen molar-refractivity contribution in [1.82, 2.24) is 9.88 Å². The second-order valence-electron chi connectivity index (χ2n) is 4.53. The molecular formula is C10H16BrN3S. The molecule has 0 aliphatic carbocycles. The van der Waals surface area contributed by atoms with E-state index < -0.39 is 0 Å². The largest absolute Gasteiger partial charge is 0.330 e. The average molecular weight is 290 g/mol. The molecule has 2 rings (SSSR count). The van der Waals surface area contributed by atoms with Crippen molar-refractivity contribution in [3.05, 3.63) is 15.0 Å².